The van der Waals surface area contributed by atoms with Gasteiger partial charge in [-0.1, -0.05) is 12.1 Å². The SMILES string of the molecule is Cc1ccc(C)c(S(=O)(=O)NC(=O)C2CCC(=O)N2C)c1. The van der Waals surface area contributed by atoms with E-state index in [1.807, 2.05) is 0 Å². The Balaban J connectivity index is 2.24. The van der Waals surface area contributed by atoms with E-state index in [-0.39, 0.29) is 17.2 Å². The fourth-order valence-electron chi connectivity index (χ4n) is 2.36. The van der Waals surface area contributed by atoms with Crippen molar-refractivity contribution in [3.63, 3.8) is 0 Å². The van der Waals surface area contributed by atoms with Crippen LogP contribution in [0.15, 0.2) is 23.1 Å². The summed E-state index contributed by atoms with van der Waals surface area (Å²) in [7, 11) is -2.42. The Morgan fingerprint density at radius 3 is 2.57 bits per heavy atom. The molecule has 2 rings (SSSR count). The minimum Gasteiger partial charge on any atom is -0.334 e. The number of likely N-dealkylation sites (tertiary alicyclic amines) is 1. The summed E-state index contributed by atoms with van der Waals surface area (Å²) in [6.07, 6.45) is 0.599. The number of likely N-dealkylation sites (N-methyl/N-ethyl adjacent to an activating group) is 1. The summed E-state index contributed by atoms with van der Waals surface area (Å²) in [6, 6.07) is 4.30. The zero-order valence-corrected chi connectivity index (χ0v) is 13.0. The Bertz CT molecular complexity index is 697. The Morgan fingerprint density at radius 1 is 1.33 bits per heavy atom. The van der Waals surface area contributed by atoms with Gasteiger partial charge in [0.2, 0.25) is 5.91 Å². The highest BCUT2D eigenvalue weighted by Crippen LogP contribution is 2.19. The Labute approximate surface area is 124 Å². The zero-order chi connectivity index (χ0) is 15.8. The second kappa shape index (κ2) is 5.48. The number of nitrogens with one attached hydrogen (secondary N) is 1. The Hall–Kier alpha value is -1.89. The first kappa shape index (κ1) is 15.5. The molecular weight excluding hydrogens is 292 g/mol. The maximum absolute atomic E-state index is 12.3. The van der Waals surface area contributed by atoms with Crippen molar-refractivity contribution in [3.8, 4) is 0 Å². The van der Waals surface area contributed by atoms with Crippen LogP contribution in [0.1, 0.15) is 24.0 Å². The van der Waals surface area contributed by atoms with Crippen LogP contribution in [0, 0.1) is 13.8 Å². The van der Waals surface area contributed by atoms with Crippen LogP contribution >= 0.6 is 0 Å². The van der Waals surface area contributed by atoms with Gasteiger partial charge in [-0.05, 0) is 37.5 Å². The lowest BCUT2D eigenvalue weighted by Gasteiger charge is -2.19. The number of carbonyl (C=O) groups excluding carboxylic acids is 2. The molecule has 0 bridgehead atoms. The zero-order valence-electron chi connectivity index (χ0n) is 12.2. The summed E-state index contributed by atoms with van der Waals surface area (Å²) < 4.78 is 26.7. The molecule has 1 heterocycles. The van der Waals surface area contributed by atoms with Gasteiger partial charge >= 0.3 is 0 Å². The topological polar surface area (TPSA) is 83.5 Å². The molecule has 0 radical (unpaired) electrons. The van der Waals surface area contributed by atoms with Crippen LogP contribution in [-0.4, -0.2) is 38.2 Å². The molecular formula is C14H18N2O4S. The molecule has 7 heteroatoms. The molecule has 1 aromatic rings. The first-order chi connectivity index (χ1) is 9.72. The second-order valence-corrected chi connectivity index (χ2v) is 6.95. The predicted molar refractivity (Wildman–Crippen MR) is 77.0 cm³/mol. The summed E-state index contributed by atoms with van der Waals surface area (Å²) in [5, 5.41) is 0. The molecule has 1 unspecified atom stereocenters. The monoisotopic (exact) mass is 310 g/mol. The lowest BCUT2D eigenvalue weighted by atomic mass is 10.2. The van der Waals surface area contributed by atoms with Gasteiger partial charge in [0, 0.05) is 13.5 Å². The van der Waals surface area contributed by atoms with E-state index in [1.165, 1.54) is 18.0 Å². The van der Waals surface area contributed by atoms with Crippen molar-refractivity contribution >= 4 is 21.8 Å². The minimum absolute atomic E-state index is 0.0860. The van der Waals surface area contributed by atoms with Gasteiger partial charge in [-0.3, -0.25) is 9.59 Å². The van der Waals surface area contributed by atoms with Gasteiger partial charge < -0.3 is 4.90 Å². The Kier molecular flexibility index (Phi) is 4.04. The van der Waals surface area contributed by atoms with Crippen LogP contribution in [0.2, 0.25) is 0 Å². The Morgan fingerprint density at radius 2 is 2.00 bits per heavy atom. The van der Waals surface area contributed by atoms with E-state index >= 15 is 0 Å². The van der Waals surface area contributed by atoms with E-state index in [0.29, 0.717) is 12.0 Å². The number of aryl methyl sites for hydroxylation is 2. The van der Waals surface area contributed by atoms with Crippen LogP contribution in [0.5, 0.6) is 0 Å². The molecule has 1 fully saturated rings. The number of benzene rings is 1. The van der Waals surface area contributed by atoms with Crippen LogP contribution in [0.25, 0.3) is 0 Å². The lowest BCUT2D eigenvalue weighted by Crippen LogP contribution is -2.45. The number of nitrogens with zero attached hydrogens (tertiary/aromatic N) is 1. The minimum atomic E-state index is -3.93. The molecule has 6 nitrogen and oxygen atoms in total. The fraction of sp³-hybridized carbons (Fsp3) is 0.429. The van der Waals surface area contributed by atoms with Crippen molar-refractivity contribution in [2.24, 2.45) is 0 Å². The molecule has 1 aromatic carbocycles. The van der Waals surface area contributed by atoms with Gasteiger partial charge in [0.05, 0.1) is 4.90 Å². The molecule has 1 aliphatic rings. The molecule has 0 saturated carbocycles. The second-order valence-electron chi connectivity index (χ2n) is 5.30. The predicted octanol–water partition coefficient (Wildman–Crippen LogP) is 0.729. The molecule has 1 N–H and O–H groups in total. The molecule has 1 aliphatic heterocycles. The third-order valence-electron chi connectivity index (χ3n) is 3.66. The summed E-state index contributed by atoms with van der Waals surface area (Å²) in [4.78, 5) is 24.9. The van der Waals surface area contributed by atoms with Gasteiger partial charge in [0.25, 0.3) is 15.9 Å². The molecule has 0 aliphatic carbocycles. The number of rotatable bonds is 3. The first-order valence-electron chi connectivity index (χ1n) is 6.62. The number of amides is 2. The molecule has 114 valence electrons. The number of hydrogen-bond acceptors (Lipinski definition) is 4. The highest BCUT2D eigenvalue weighted by Gasteiger charge is 2.35. The average molecular weight is 310 g/mol. The highest BCUT2D eigenvalue weighted by molar-refractivity contribution is 7.90. The van der Waals surface area contributed by atoms with Crippen molar-refractivity contribution < 1.29 is 18.0 Å². The van der Waals surface area contributed by atoms with Crippen LogP contribution in [0.4, 0.5) is 0 Å². The van der Waals surface area contributed by atoms with Crippen LogP contribution in [-0.2, 0) is 19.6 Å². The molecule has 21 heavy (non-hydrogen) atoms. The summed E-state index contributed by atoms with van der Waals surface area (Å²) >= 11 is 0. The van der Waals surface area contributed by atoms with Crippen molar-refractivity contribution in [2.45, 2.75) is 37.6 Å². The molecule has 1 saturated heterocycles. The molecule has 0 spiro atoms. The van der Waals surface area contributed by atoms with E-state index in [2.05, 4.69) is 4.72 Å². The van der Waals surface area contributed by atoms with Gasteiger partial charge in [-0.25, -0.2) is 13.1 Å². The number of hydrogen-bond donors (Lipinski definition) is 1. The van der Waals surface area contributed by atoms with Crippen molar-refractivity contribution in [3.05, 3.63) is 29.3 Å². The first-order valence-corrected chi connectivity index (χ1v) is 8.10. The summed E-state index contributed by atoms with van der Waals surface area (Å²) in [6.45, 7) is 3.45. The molecule has 0 aromatic heterocycles. The van der Waals surface area contributed by atoms with Gasteiger partial charge in [-0.15, -0.1) is 0 Å². The smallest absolute Gasteiger partial charge is 0.264 e. The normalized spacial score (nSPS) is 18.9. The molecule has 2 amide bonds. The maximum Gasteiger partial charge on any atom is 0.264 e. The van der Waals surface area contributed by atoms with Gasteiger partial charge in [-0.2, -0.15) is 0 Å². The maximum atomic E-state index is 12.3. The van der Waals surface area contributed by atoms with E-state index in [1.54, 1.807) is 26.0 Å². The summed E-state index contributed by atoms with van der Waals surface area (Å²) in [5.41, 5.74) is 1.36. The van der Waals surface area contributed by atoms with Crippen molar-refractivity contribution in [1.82, 2.24) is 9.62 Å². The van der Waals surface area contributed by atoms with E-state index in [0.717, 1.165) is 5.56 Å². The van der Waals surface area contributed by atoms with E-state index in [4.69, 9.17) is 0 Å². The van der Waals surface area contributed by atoms with Crippen molar-refractivity contribution in [2.75, 3.05) is 7.05 Å². The lowest BCUT2D eigenvalue weighted by molar-refractivity contribution is -0.133. The largest absolute Gasteiger partial charge is 0.334 e. The van der Waals surface area contributed by atoms with Crippen molar-refractivity contribution in [1.29, 1.82) is 0 Å². The summed E-state index contributed by atoms with van der Waals surface area (Å²) in [5.74, 6) is -0.816. The van der Waals surface area contributed by atoms with Gasteiger partial charge in [0.15, 0.2) is 0 Å². The number of carbonyl (C=O) groups is 2. The third-order valence-corrected chi connectivity index (χ3v) is 5.15. The third kappa shape index (κ3) is 3.07. The van der Waals surface area contributed by atoms with E-state index < -0.39 is 22.0 Å². The van der Waals surface area contributed by atoms with E-state index in [9.17, 15) is 18.0 Å². The standard InChI is InChI=1S/C14H18N2O4S/c1-9-4-5-10(2)12(8-9)21(19,20)15-14(18)11-6-7-13(17)16(11)3/h4-5,8,11H,6-7H2,1-3H3,(H,15,18). The fourth-order valence-corrected chi connectivity index (χ4v) is 3.71. The quantitative estimate of drug-likeness (QED) is 0.892. The number of sulfonamides is 1. The van der Waals surface area contributed by atoms with Crippen LogP contribution in [0.3, 0.4) is 0 Å². The molecule has 1 atom stereocenters. The van der Waals surface area contributed by atoms with Crippen LogP contribution < -0.4 is 4.72 Å². The average Bonchev–Trinajstić information content (AvgIpc) is 2.72. The highest BCUT2D eigenvalue weighted by atomic mass is 32.2. The van der Waals surface area contributed by atoms with Gasteiger partial charge in [0.1, 0.15) is 6.04 Å².